The minimum Gasteiger partial charge on any atom is -0.465 e. The fraction of sp³-hybridized carbons (Fsp3) is 0.0952. The van der Waals surface area contributed by atoms with Crippen LogP contribution in [0.15, 0.2) is 53.3 Å². The third-order valence-electron chi connectivity index (χ3n) is 3.98. The number of aromatic amines is 1. The molecule has 1 aromatic heterocycles. The van der Waals surface area contributed by atoms with Crippen molar-refractivity contribution in [2.24, 2.45) is 0 Å². The zero-order valence-electron chi connectivity index (χ0n) is 14.8. The van der Waals surface area contributed by atoms with Crippen LogP contribution in [0.1, 0.15) is 31.8 Å². The Kier molecular flexibility index (Phi) is 5.47. The van der Waals surface area contributed by atoms with Gasteiger partial charge in [-0.05, 0) is 36.3 Å². The molecule has 3 aromatic rings. The van der Waals surface area contributed by atoms with Gasteiger partial charge in [0.2, 0.25) is 0 Å². The van der Waals surface area contributed by atoms with Crippen LogP contribution in [0.2, 0.25) is 0 Å². The van der Waals surface area contributed by atoms with Gasteiger partial charge in [0, 0.05) is 11.6 Å². The first-order valence-electron chi connectivity index (χ1n) is 8.19. The number of aryl methyl sites for hydroxylation is 1. The van der Waals surface area contributed by atoms with Gasteiger partial charge in [-0.3, -0.25) is 9.59 Å². The molecule has 0 saturated carbocycles. The smallest absolute Gasteiger partial charge is 0.337 e. The Morgan fingerprint density at radius 2 is 1.78 bits per heavy atom. The van der Waals surface area contributed by atoms with Gasteiger partial charge < -0.3 is 9.72 Å². The van der Waals surface area contributed by atoms with Crippen molar-refractivity contribution in [3.05, 3.63) is 90.3 Å². The second-order valence-corrected chi connectivity index (χ2v) is 6.95. The number of benzene rings is 2. The molecule has 1 heterocycles. The summed E-state index contributed by atoms with van der Waals surface area (Å²) in [5.74, 6) is -0.568. The summed E-state index contributed by atoms with van der Waals surface area (Å²) in [7, 11) is 1.32. The van der Waals surface area contributed by atoms with Crippen LogP contribution < -0.4 is 14.8 Å². The van der Waals surface area contributed by atoms with Crippen LogP contribution >= 0.6 is 11.3 Å². The van der Waals surface area contributed by atoms with Crippen molar-refractivity contribution in [1.29, 1.82) is 0 Å². The van der Waals surface area contributed by atoms with Gasteiger partial charge in [-0.2, -0.15) is 0 Å². The van der Waals surface area contributed by atoms with E-state index < -0.39 is 5.97 Å². The highest BCUT2D eigenvalue weighted by atomic mass is 32.1. The molecule has 27 heavy (non-hydrogen) atoms. The summed E-state index contributed by atoms with van der Waals surface area (Å²) in [6.45, 7) is 1.87. The lowest BCUT2D eigenvalue weighted by Crippen LogP contribution is -2.20. The molecule has 0 aliphatic carbocycles. The van der Waals surface area contributed by atoms with E-state index in [0.29, 0.717) is 20.3 Å². The number of ether oxygens (including phenoxy) is 1. The van der Waals surface area contributed by atoms with Crippen molar-refractivity contribution < 1.29 is 14.3 Å². The zero-order valence-corrected chi connectivity index (χ0v) is 15.6. The van der Waals surface area contributed by atoms with Crippen molar-refractivity contribution in [3.63, 3.8) is 0 Å². The van der Waals surface area contributed by atoms with Crippen molar-refractivity contribution >= 4 is 35.2 Å². The van der Waals surface area contributed by atoms with E-state index in [1.54, 1.807) is 36.4 Å². The number of methoxy groups -OCH3 is 1. The number of hydrogen-bond acceptors (Lipinski definition) is 5. The predicted molar refractivity (Wildman–Crippen MR) is 106 cm³/mol. The van der Waals surface area contributed by atoms with E-state index in [4.69, 9.17) is 0 Å². The molecule has 3 rings (SSSR count). The van der Waals surface area contributed by atoms with E-state index in [2.05, 4.69) is 9.72 Å². The van der Waals surface area contributed by atoms with E-state index in [1.165, 1.54) is 24.5 Å². The number of Topliss-reactive ketones (excluding diaryl/α,β-unsaturated/α-hetero) is 1. The topological polar surface area (TPSA) is 76.2 Å². The summed E-state index contributed by atoms with van der Waals surface area (Å²) in [6, 6.07) is 14.0. The minimum atomic E-state index is -0.415. The fourth-order valence-corrected chi connectivity index (χ4v) is 3.44. The van der Waals surface area contributed by atoms with Crippen LogP contribution in [0.4, 0.5) is 0 Å². The summed E-state index contributed by atoms with van der Waals surface area (Å²) in [5.41, 5.74) is 2.44. The Hall–Kier alpha value is -3.25. The van der Waals surface area contributed by atoms with Gasteiger partial charge in [-0.1, -0.05) is 36.4 Å². The molecule has 2 aromatic carbocycles. The van der Waals surface area contributed by atoms with Crippen molar-refractivity contribution in [2.75, 3.05) is 7.11 Å². The third kappa shape index (κ3) is 4.30. The highest BCUT2D eigenvalue weighted by Gasteiger charge is 2.06. The van der Waals surface area contributed by atoms with Gasteiger partial charge in [-0.15, -0.1) is 11.3 Å². The Balaban J connectivity index is 1.93. The average Bonchev–Trinajstić information content (AvgIpc) is 3.00. The molecule has 5 nitrogen and oxygen atoms in total. The Morgan fingerprint density at radius 3 is 2.44 bits per heavy atom. The number of nitrogens with one attached hydrogen (secondary N) is 1. The zero-order chi connectivity index (χ0) is 19.4. The summed E-state index contributed by atoms with van der Waals surface area (Å²) in [6.07, 6.45) is 3.15. The SMILES string of the molecule is COC(=O)c1ccc(C=c2sc(=CC(=O)c3ccccc3C)[nH]c2=O)cc1. The molecule has 0 bridgehead atoms. The molecule has 0 unspecified atom stereocenters. The molecule has 0 aliphatic heterocycles. The van der Waals surface area contributed by atoms with E-state index >= 15 is 0 Å². The third-order valence-corrected chi connectivity index (χ3v) is 4.95. The molecular weight excluding hydrogens is 362 g/mol. The lowest BCUT2D eigenvalue weighted by atomic mass is 10.1. The van der Waals surface area contributed by atoms with Gasteiger partial charge in [0.25, 0.3) is 5.56 Å². The van der Waals surface area contributed by atoms with E-state index in [1.807, 2.05) is 25.1 Å². The van der Waals surface area contributed by atoms with Gasteiger partial charge in [0.1, 0.15) is 0 Å². The Labute approximate surface area is 159 Å². The van der Waals surface area contributed by atoms with Gasteiger partial charge >= 0.3 is 5.97 Å². The van der Waals surface area contributed by atoms with Crippen LogP contribution in [0.3, 0.4) is 0 Å². The van der Waals surface area contributed by atoms with Crippen LogP contribution in [-0.2, 0) is 4.74 Å². The first-order valence-corrected chi connectivity index (χ1v) is 9.00. The second kappa shape index (κ2) is 7.97. The van der Waals surface area contributed by atoms with Gasteiger partial charge in [0.15, 0.2) is 5.78 Å². The lowest BCUT2D eigenvalue weighted by molar-refractivity contribution is 0.0600. The normalized spacial score (nSPS) is 12.2. The Morgan fingerprint density at radius 1 is 1.07 bits per heavy atom. The summed E-state index contributed by atoms with van der Waals surface area (Å²) in [5, 5.41) is 0. The van der Waals surface area contributed by atoms with Crippen molar-refractivity contribution in [3.8, 4) is 0 Å². The van der Waals surface area contributed by atoms with Crippen LogP contribution in [0, 0.1) is 6.92 Å². The largest absolute Gasteiger partial charge is 0.465 e. The van der Waals surface area contributed by atoms with Crippen LogP contribution in [0.5, 0.6) is 0 Å². The van der Waals surface area contributed by atoms with Crippen LogP contribution in [0.25, 0.3) is 12.2 Å². The number of carbonyl (C=O) groups excluding carboxylic acids is 2. The Bertz CT molecular complexity index is 1170. The van der Waals surface area contributed by atoms with Crippen LogP contribution in [-0.4, -0.2) is 23.8 Å². The monoisotopic (exact) mass is 379 g/mol. The minimum absolute atomic E-state index is 0.153. The molecule has 0 fully saturated rings. The summed E-state index contributed by atoms with van der Waals surface area (Å²) >= 11 is 1.21. The number of H-pyrrole nitrogens is 1. The molecule has 1 N–H and O–H groups in total. The van der Waals surface area contributed by atoms with E-state index in [0.717, 1.165) is 11.1 Å². The number of carbonyl (C=O) groups is 2. The quantitative estimate of drug-likeness (QED) is 0.556. The number of rotatable bonds is 4. The molecule has 136 valence electrons. The molecule has 0 saturated heterocycles. The maximum atomic E-state index is 12.4. The standard InChI is InChI=1S/C21H17NO4S/c1-13-5-3-4-6-16(13)17(23)12-19-22-20(24)18(27-19)11-14-7-9-15(10-8-14)21(25)26-2/h3-12H,1-2H3,(H,22,24). The lowest BCUT2D eigenvalue weighted by Gasteiger charge is -1.99. The first-order chi connectivity index (χ1) is 13.0. The number of ketones is 1. The van der Waals surface area contributed by atoms with E-state index in [9.17, 15) is 14.4 Å². The number of thiazole rings is 1. The van der Waals surface area contributed by atoms with Crippen molar-refractivity contribution in [2.45, 2.75) is 6.92 Å². The molecule has 0 atom stereocenters. The second-order valence-electron chi connectivity index (χ2n) is 5.87. The van der Waals surface area contributed by atoms with E-state index in [-0.39, 0.29) is 11.3 Å². The molecule has 0 spiro atoms. The number of hydrogen-bond donors (Lipinski definition) is 1. The number of aromatic nitrogens is 1. The highest BCUT2D eigenvalue weighted by molar-refractivity contribution is 7.07. The molecule has 0 radical (unpaired) electrons. The number of esters is 1. The van der Waals surface area contributed by atoms with Crippen molar-refractivity contribution in [1.82, 2.24) is 4.98 Å². The van der Waals surface area contributed by atoms with Gasteiger partial charge in [-0.25, -0.2) is 4.79 Å². The highest BCUT2D eigenvalue weighted by Crippen LogP contribution is 2.08. The predicted octanol–water partition coefficient (Wildman–Crippen LogP) is 2.02. The molecule has 0 aliphatic rings. The maximum absolute atomic E-state index is 12.4. The van der Waals surface area contributed by atoms with Gasteiger partial charge in [0.05, 0.1) is 21.9 Å². The maximum Gasteiger partial charge on any atom is 0.337 e. The average molecular weight is 379 g/mol. The fourth-order valence-electron chi connectivity index (χ4n) is 2.56. The molecule has 0 amide bonds. The summed E-state index contributed by atoms with van der Waals surface area (Å²) in [4.78, 5) is 38.8. The first kappa shape index (κ1) is 18.5. The molecular formula is C21H17NO4S. The molecule has 6 heteroatoms. The summed E-state index contributed by atoms with van der Waals surface area (Å²) < 4.78 is 5.63.